The molecule has 0 unspecified atom stereocenters. The van der Waals surface area contributed by atoms with E-state index < -0.39 is 23.1 Å². The molecule has 0 radical (unpaired) electrons. The summed E-state index contributed by atoms with van der Waals surface area (Å²) >= 11 is 0. The van der Waals surface area contributed by atoms with Gasteiger partial charge in [0.05, 0.1) is 24.1 Å². The SMILES string of the molecule is Cc1[nH]cnc1C=C1C(=O)Nc2cc(C=CCNC(=O)c3c(C)n(C)n(Cc4ccc(F)c(F)c4)c3=O)ccc21. The van der Waals surface area contributed by atoms with Crippen molar-refractivity contribution in [2.45, 2.75) is 20.4 Å². The van der Waals surface area contributed by atoms with Gasteiger partial charge in [0.25, 0.3) is 17.4 Å². The number of benzene rings is 2. The minimum absolute atomic E-state index is 0.0202. The molecule has 40 heavy (non-hydrogen) atoms. The molecule has 2 aromatic heterocycles. The average molecular weight is 545 g/mol. The number of fused-ring (bicyclic) bond motifs is 1. The third kappa shape index (κ3) is 5.00. The van der Waals surface area contributed by atoms with Gasteiger partial charge in [-0.15, -0.1) is 0 Å². The first-order valence-electron chi connectivity index (χ1n) is 12.5. The molecule has 0 saturated heterocycles. The molecule has 4 aromatic rings. The van der Waals surface area contributed by atoms with Gasteiger partial charge in [-0.05, 0) is 49.2 Å². The zero-order chi connectivity index (χ0) is 28.6. The van der Waals surface area contributed by atoms with Crippen LogP contribution in [0.4, 0.5) is 14.5 Å². The Morgan fingerprint density at radius 2 is 1.90 bits per heavy atom. The lowest BCUT2D eigenvalue weighted by atomic mass is 10.0. The Kier molecular flexibility index (Phi) is 7.03. The van der Waals surface area contributed by atoms with Crippen molar-refractivity contribution in [3.8, 4) is 0 Å². The number of nitrogens with zero attached hydrogens (tertiary/aromatic N) is 3. The quantitative estimate of drug-likeness (QED) is 0.307. The monoisotopic (exact) mass is 544 g/mol. The Morgan fingerprint density at radius 3 is 2.62 bits per heavy atom. The van der Waals surface area contributed by atoms with E-state index in [9.17, 15) is 23.2 Å². The first-order valence-corrected chi connectivity index (χ1v) is 12.5. The summed E-state index contributed by atoms with van der Waals surface area (Å²) in [6.07, 6.45) is 6.85. The van der Waals surface area contributed by atoms with Gasteiger partial charge in [-0.2, -0.15) is 0 Å². The van der Waals surface area contributed by atoms with E-state index in [1.807, 2.05) is 25.1 Å². The van der Waals surface area contributed by atoms with Crippen molar-refractivity contribution in [3.63, 3.8) is 0 Å². The van der Waals surface area contributed by atoms with E-state index in [0.717, 1.165) is 29.0 Å². The van der Waals surface area contributed by atoms with Gasteiger partial charge in [-0.25, -0.2) is 18.4 Å². The molecular formula is C29H26F2N6O3. The van der Waals surface area contributed by atoms with Crippen molar-refractivity contribution >= 4 is 35.2 Å². The van der Waals surface area contributed by atoms with Crippen LogP contribution >= 0.6 is 0 Å². The number of H-pyrrole nitrogens is 1. The van der Waals surface area contributed by atoms with Crippen LogP contribution < -0.4 is 16.2 Å². The van der Waals surface area contributed by atoms with Crippen LogP contribution in [0.1, 0.15) is 44.1 Å². The fourth-order valence-corrected chi connectivity index (χ4v) is 4.56. The van der Waals surface area contributed by atoms with E-state index in [1.165, 1.54) is 15.4 Å². The van der Waals surface area contributed by atoms with E-state index in [0.29, 0.717) is 28.2 Å². The third-order valence-corrected chi connectivity index (χ3v) is 6.87. The zero-order valence-corrected chi connectivity index (χ0v) is 22.0. The molecule has 2 aromatic carbocycles. The van der Waals surface area contributed by atoms with Crippen molar-refractivity contribution in [1.82, 2.24) is 24.6 Å². The van der Waals surface area contributed by atoms with Gasteiger partial charge >= 0.3 is 0 Å². The number of imidazole rings is 1. The van der Waals surface area contributed by atoms with Crippen LogP contribution in [-0.2, 0) is 18.4 Å². The lowest BCUT2D eigenvalue weighted by Crippen LogP contribution is -2.31. The number of carbonyl (C=O) groups is 2. The normalized spacial score (nSPS) is 13.7. The molecule has 3 N–H and O–H groups in total. The van der Waals surface area contributed by atoms with Crippen LogP contribution in [0.2, 0.25) is 0 Å². The van der Waals surface area contributed by atoms with Gasteiger partial charge in [0, 0.05) is 36.2 Å². The van der Waals surface area contributed by atoms with Crippen molar-refractivity contribution in [3.05, 3.63) is 110 Å². The summed E-state index contributed by atoms with van der Waals surface area (Å²) in [7, 11) is 1.62. The molecule has 0 saturated carbocycles. The molecule has 11 heteroatoms. The fourth-order valence-electron chi connectivity index (χ4n) is 4.56. The molecular weight excluding hydrogens is 518 g/mol. The van der Waals surface area contributed by atoms with Crippen LogP contribution in [0.5, 0.6) is 0 Å². The number of carbonyl (C=O) groups excluding carboxylic acids is 2. The van der Waals surface area contributed by atoms with Crippen molar-refractivity contribution in [1.29, 1.82) is 0 Å². The highest BCUT2D eigenvalue weighted by molar-refractivity contribution is 6.34. The molecule has 0 spiro atoms. The van der Waals surface area contributed by atoms with Gasteiger partial charge in [0.1, 0.15) is 5.56 Å². The molecule has 2 amide bonds. The topological polar surface area (TPSA) is 114 Å². The van der Waals surface area contributed by atoms with E-state index >= 15 is 0 Å². The number of aromatic nitrogens is 4. The van der Waals surface area contributed by atoms with Gasteiger partial charge in [0.2, 0.25) is 0 Å². The summed E-state index contributed by atoms with van der Waals surface area (Å²) in [6.45, 7) is 3.66. The van der Waals surface area contributed by atoms with E-state index in [2.05, 4.69) is 20.6 Å². The molecule has 0 fully saturated rings. The van der Waals surface area contributed by atoms with E-state index in [-0.39, 0.29) is 24.6 Å². The number of hydrogen-bond acceptors (Lipinski definition) is 4. The Morgan fingerprint density at radius 1 is 1.10 bits per heavy atom. The summed E-state index contributed by atoms with van der Waals surface area (Å²) in [5, 5.41) is 5.58. The maximum atomic E-state index is 13.6. The van der Waals surface area contributed by atoms with Crippen molar-refractivity contribution in [2.75, 3.05) is 11.9 Å². The minimum atomic E-state index is -1.01. The standard InChI is InChI=1S/C29H26F2N6O3/c1-16-24(34-15-33-16)13-21-20-8-6-18(12-25(20)35-27(21)38)5-4-10-32-28(39)26-17(2)36(3)37(29(26)40)14-19-7-9-22(30)23(31)11-19/h4-9,11-13,15H,10,14H2,1-3H3,(H,32,39)(H,33,34)(H,35,38). The molecule has 1 aliphatic heterocycles. The van der Waals surface area contributed by atoms with E-state index in [1.54, 1.807) is 38.5 Å². The van der Waals surface area contributed by atoms with Crippen LogP contribution in [-0.4, -0.2) is 37.7 Å². The summed E-state index contributed by atoms with van der Waals surface area (Å²) in [5.74, 6) is -2.73. The van der Waals surface area contributed by atoms with Crippen LogP contribution in [0, 0.1) is 25.5 Å². The molecule has 204 valence electrons. The maximum Gasteiger partial charge on any atom is 0.280 e. The number of aromatic amines is 1. The predicted octanol–water partition coefficient (Wildman–Crippen LogP) is 3.79. The number of nitrogens with one attached hydrogen (secondary N) is 3. The molecule has 3 heterocycles. The second-order valence-corrected chi connectivity index (χ2v) is 9.44. The van der Waals surface area contributed by atoms with Gasteiger partial charge in [0.15, 0.2) is 11.6 Å². The number of rotatable bonds is 7. The average Bonchev–Trinajstić information content (AvgIpc) is 3.53. The Balaban J connectivity index is 1.26. The molecule has 0 bridgehead atoms. The van der Waals surface area contributed by atoms with E-state index in [4.69, 9.17) is 0 Å². The molecule has 5 rings (SSSR count). The minimum Gasteiger partial charge on any atom is -0.348 e. The summed E-state index contributed by atoms with van der Waals surface area (Å²) < 4.78 is 29.7. The van der Waals surface area contributed by atoms with Crippen LogP contribution in [0.3, 0.4) is 0 Å². The van der Waals surface area contributed by atoms with Crippen molar-refractivity contribution < 1.29 is 18.4 Å². The summed E-state index contributed by atoms with van der Waals surface area (Å²) in [6, 6.07) is 8.96. The Labute approximate surface area is 227 Å². The molecule has 9 nitrogen and oxygen atoms in total. The Hall–Kier alpha value is -5.06. The Bertz CT molecular complexity index is 1780. The maximum absolute atomic E-state index is 13.6. The lowest BCUT2D eigenvalue weighted by molar-refractivity contribution is -0.110. The highest BCUT2D eigenvalue weighted by Crippen LogP contribution is 2.34. The first kappa shape index (κ1) is 26.5. The second-order valence-electron chi connectivity index (χ2n) is 9.44. The zero-order valence-electron chi connectivity index (χ0n) is 22.0. The summed E-state index contributed by atoms with van der Waals surface area (Å²) in [4.78, 5) is 45.6. The number of aryl methyl sites for hydroxylation is 1. The largest absolute Gasteiger partial charge is 0.348 e. The van der Waals surface area contributed by atoms with Crippen LogP contribution in [0.25, 0.3) is 17.7 Å². The predicted molar refractivity (Wildman–Crippen MR) is 148 cm³/mol. The molecule has 0 atom stereocenters. The summed E-state index contributed by atoms with van der Waals surface area (Å²) in [5.41, 5.74) is 4.63. The van der Waals surface area contributed by atoms with Gasteiger partial charge < -0.3 is 15.6 Å². The number of hydrogen-bond donors (Lipinski definition) is 3. The van der Waals surface area contributed by atoms with Crippen molar-refractivity contribution in [2.24, 2.45) is 7.05 Å². The van der Waals surface area contributed by atoms with Crippen LogP contribution in [0.15, 0.2) is 53.6 Å². The smallest absolute Gasteiger partial charge is 0.280 e. The highest BCUT2D eigenvalue weighted by atomic mass is 19.2. The van der Waals surface area contributed by atoms with Gasteiger partial charge in [-0.1, -0.05) is 30.4 Å². The van der Waals surface area contributed by atoms with Gasteiger partial charge in [-0.3, -0.25) is 19.1 Å². The second kappa shape index (κ2) is 10.6. The third-order valence-electron chi connectivity index (χ3n) is 6.87. The lowest BCUT2D eigenvalue weighted by Gasteiger charge is -2.08. The number of anilines is 1. The highest BCUT2D eigenvalue weighted by Gasteiger charge is 2.25. The molecule has 0 aliphatic carbocycles. The first-order chi connectivity index (χ1) is 19.1. The molecule has 1 aliphatic rings. The number of amides is 2. The fraction of sp³-hybridized carbons (Fsp3) is 0.172. The number of halogens is 2.